The molecule has 1 fully saturated rings. The molecule has 0 radical (unpaired) electrons. The van der Waals surface area contributed by atoms with Crippen LogP contribution in [0.25, 0.3) is 28.3 Å². The third-order valence-electron chi connectivity index (χ3n) is 9.69. The molecular formula is C41H42F2IN8O5S-. The summed E-state index contributed by atoms with van der Waals surface area (Å²) in [6.07, 6.45) is 4.30. The summed E-state index contributed by atoms with van der Waals surface area (Å²) in [5, 5.41) is 5.79. The fourth-order valence-electron chi connectivity index (χ4n) is 6.90. The van der Waals surface area contributed by atoms with Gasteiger partial charge in [-0.05, 0) is 25.0 Å². The van der Waals surface area contributed by atoms with Gasteiger partial charge in [-0.2, -0.15) is 0 Å². The first-order valence-corrected chi connectivity index (χ1v) is 23.0. The molecule has 7 rings (SSSR count). The van der Waals surface area contributed by atoms with E-state index in [4.69, 9.17) is 17.8 Å². The summed E-state index contributed by atoms with van der Waals surface area (Å²) in [5.74, 6) is -1.04. The first-order chi connectivity index (χ1) is 28.2. The molecule has 0 spiro atoms. The Morgan fingerprint density at radius 3 is 2.48 bits per heavy atom. The van der Waals surface area contributed by atoms with Gasteiger partial charge in [0.15, 0.2) is 11.1 Å². The number of hydrogen-bond acceptors (Lipinski definition) is 10. The number of carbonyl (C=O) groups is 1. The molecule has 1 aliphatic heterocycles. The Kier molecular flexibility index (Phi) is 13.1. The standard InChI is InChI=1S/C41H42F2IN8O5S/c1-4-26-24-32(35(56-5-2)25-33(26)51-19-17-50(18-20-51)21-22-58(54)55)47-41-45-15-14-31(46-41)39-37(48-36-11-6-7-16-52(36)39)27-12-13-34(57-44-3)28(23-27)40(53)49-38-29(42)9-8-10-30(38)43/h6-16,23-25H,4-5,17-22H2,1-3H3,(H,49,53)(H,54,55)(H,45,46,47)/q-1. The molecule has 304 valence electrons. The van der Waals surface area contributed by atoms with Crippen molar-refractivity contribution in [3.63, 3.8) is 0 Å². The van der Waals surface area contributed by atoms with Crippen molar-refractivity contribution >= 4 is 45.6 Å². The van der Waals surface area contributed by atoms with Crippen LogP contribution in [0.3, 0.4) is 0 Å². The van der Waals surface area contributed by atoms with E-state index in [9.17, 15) is 22.3 Å². The van der Waals surface area contributed by atoms with Crippen molar-refractivity contribution in [2.24, 2.45) is 0 Å². The summed E-state index contributed by atoms with van der Waals surface area (Å²) in [4.78, 5) is 34.5. The Hall–Kier alpha value is -5.24. The zero-order chi connectivity index (χ0) is 40.8. The summed E-state index contributed by atoms with van der Waals surface area (Å²) in [7, 11) is 0. The van der Waals surface area contributed by atoms with Crippen molar-refractivity contribution in [1.82, 2.24) is 24.3 Å². The SMILES string of the molecule is CCOc1cc(N2CCN(CCS(=O)O)CC2)c(CC)cc1Nc1nccc(-c2c(-c3ccc(O[I-]C)c(C(=O)Nc4c(F)cccc4F)c3)nc3ccccn23)n1. The van der Waals surface area contributed by atoms with Crippen LogP contribution >= 0.6 is 0 Å². The Bertz CT molecular complexity index is 2440. The van der Waals surface area contributed by atoms with Crippen molar-refractivity contribution < 1.29 is 51.8 Å². The molecule has 3 N–H and O–H groups in total. The molecule has 1 unspecified atom stereocenters. The van der Waals surface area contributed by atoms with Gasteiger partial charge in [0.25, 0.3) is 0 Å². The first kappa shape index (κ1) is 40.9. The molecule has 6 aromatic rings. The number of imidazole rings is 1. The summed E-state index contributed by atoms with van der Waals surface area (Å²) in [6, 6.07) is 20.0. The van der Waals surface area contributed by atoms with Gasteiger partial charge < -0.3 is 14.2 Å². The number of para-hydroxylation sites is 1. The van der Waals surface area contributed by atoms with Crippen LogP contribution in [0.1, 0.15) is 29.8 Å². The summed E-state index contributed by atoms with van der Waals surface area (Å²) in [6.45, 7) is 8.20. The fourth-order valence-corrected chi connectivity index (χ4v) is 8.17. The number of fused-ring (bicyclic) bond motifs is 1. The number of aryl methyl sites for hydroxylation is 1. The van der Waals surface area contributed by atoms with Gasteiger partial charge in [0.2, 0.25) is 0 Å². The third kappa shape index (κ3) is 9.06. The zero-order valence-corrected chi connectivity index (χ0v) is 35.0. The summed E-state index contributed by atoms with van der Waals surface area (Å²) in [5.41, 5.74) is 5.31. The van der Waals surface area contributed by atoms with Crippen molar-refractivity contribution in [3.8, 4) is 34.1 Å². The zero-order valence-electron chi connectivity index (χ0n) is 32.0. The quantitative estimate of drug-likeness (QED) is 0.0780. The molecule has 4 heterocycles. The van der Waals surface area contributed by atoms with Gasteiger partial charge in [0, 0.05) is 44.5 Å². The van der Waals surface area contributed by atoms with Crippen LogP contribution in [-0.4, -0.2) is 88.9 Å². The van der Waals surface area contributed by atoms with E-state index in [0.717, 1.165) is 56.0 Å². The molecule has 3 aromatic carbocycles. The Balaban J connectivity index is 1.22. The molecule has 0 aliphatic carbocycles. The summed E-state index contributed by atoms with van der Waals surface area (Å²) < 4.78 is 63.5. The second-order valence-corrected chi connectivity index (χ2v) is 15.6. The molecule has 1 saturated heterocycles. The molecule has 17 heteroatoms. The van der Waals surface area contributed by atoms with E-state index in [2.05, 4.69) is 44.5 Å². The molecule has 0 saturated carbocycles. The van der Waals surface area contributed by atoms with Crippen LogP contribution in [0.15, 0.2) is 85.2 Å². The fraction of sp³-hybridized carbons (Fsp3) is 0.268. The predicted molar refractivity (Wildman–Crippen MR) is 217 cm³/mol. The van der Waals surface area contributed by atoms with E-state index in [1.54, 1.807) is 30.5 Å². The molecule has 13 nitrogen and oxygen atoms in total. The number of anilines is 4. The number of carbonyl (C=O) groups excluding carboxylic acids is 1. The number of rotatable bonds is 15. The Morgan fingerprint density at radius 2 is 1.76 bits per heavy atom. The second-order valence-electron chi connectivity index (χ2n) is 13.2. The average molecular weight is 924 g/mol. The van der Waals surface area contributed by atoms with Crippen molar-refractivity contribution in [2.75, 3.05) is 65.5 Å². The van der Waals surface area contributed by atoms with Crippen LogP contribution in [-0.2, 0) is 17.5 Å². The van der Waals surface area contributed by atoms with Crippen molar-refractivity contribution in [1.29, 1.82) is 0 Å². The van der Waals surface area contributed by atoms with Crippen molar-refractivity contribution in [3.05, 3.63) is 108 Å². The van der Waals surface area contributed by atoms with Gasteiger partial charge in [-0.3, -0.25) is 4.90 Å². The molecule has 3 aromatic heterocycles. The molecule has 58 heavy (non-hydrogen) atoms. The topological polar surface area (TPSA) is 146 Å². The number of piperazine rings is 1. The van der Waals surface area contributed by atoms with E-state index >= 15 is 0 Å². The van der Waals surface area contributed by atoms with Crippen molar-refractivity contribution in [2.45, 2.75) is 20.3 Å². The minimum absolute atomic E-state index is 0.0923. The molecule has 1 aliphatic rings. The maximum atomic E-state index is 14.6. The summed E-state index contributed by atoms with van der Waals surface area (Å²) >= 11 is -2.57. The van der Waals surface area contributed by atoms with Crippen LogP contribution < -0.4 is 45.0 Å². The maximum absolute atomic E-state index is 14.6. The Morgan fingerprint density at radius 1 is 0.966 bits per heavy atom. The van der Waals surface area contributed by atoms with E-state index in [1.165, 1.54) is 6.07 Å². The van der Waals surface area contributed by atoms with E-state index < -0.39 is 55.9 Å². The van der Waals surface area contributed by atoms with Gasteiger partial charge in [0.1, 0.15) is 5.75 Å². The van der Waals surface area contributed by atoms with Crippen LogP contribution in [0.5, 0.6) is 11.5 Å². The third-order valence-corrected chi connectivity index (χ3v) is 11.1. The number of hydrogen-bond donors (Lipinski definition) is 3. The van der Waals surface area contributed by atoms with E-state index in [1.807, 2.05) is 40.7 Å². The number of halogens is 3. The second kappa shape index (κ2) is 18.6. The van der Waals surface area contributed by atoms with Crippen LogP contribution in [0, 0.1) is 11.6 Å². The number of aromatic nitrogens is 4. The number of nitrogens with zero attached hydrogens (tertiary/aromatic N) is 6. The molecule has 0 bridgehead atoms. The van der Waals surface area contributed by atoms with Gasteiger partial charge in [-0.25, -0.2) is 4.21 Å². The van der Waals surface area contributed by atoms with Gasteiger partial charge in [0.05, 0.1) is 12.4 Å². The normalized spacial score (nSPS) is 13.8. The molecule has 1 atom stereocenters. The monoisotopic (exact) mass is 923 g/mol. The van der Waals surface area contributed by atoms with E-state index in [-0.39, 0.29) is 17.1 Å². The number of amides is 1. The first-order valence-electron chi connectivity index (χ1n) is 18.7. The van der Waals surface area contributed by atoms with Crippen LogP contribution in [0.4, 0.5) is 31.8 Å². The van der Waals surface area contributed by atoms with E-state index in [0.29, 0.717) is 58.8 Å². The molecular weight excluding hydrogens is 881 g/mol. The average Bonchev–Trinajstić information content (AvgIpc) is 3.62. The van der Waals surface area contributed by atoms with Crippen LogP contribution in [0.2, 0.25) is 0 Å². The number of nitrogens with one attached hydrogen (secondary N) is 2. The number of pyridine rings is 1. The van der Waals surface area contributed by atoms with Gasteiger partial charge in [-0.15, -0.1) is 0 Å². The molecule has 1 amide bonds. The Labute approximate surface area is 347 Å². The number of benzene rings is 3. The van der Waals surface area contributed by atoms with Gasteiger partial charge >= 0.3 is 221 Å². The van der Waals surface area contributed by atoms with Gasteiger partial charge in [-0.1, -0.05) is 6.92 Å². The minimum atomic E-state index is -1.81. The number of ether oxygens (including phenoxy) is 1. The predicted octanol–water partition coefficient (Wildman–Crippen LogP) is 4.05. The number of alkyl halides is 1.